The highest BCUT2D eigenvalue weighted by molar-refractivity contribution is 7.47. The predicted molar refractivity (Wildman–Crippen MR) is 201 cm³/mol. The number of phosphoric ester groups is 1. The molecule has 0 saturated carbocycles. The van der Waals surface area contributed by atoms with Crippen LogP contribution in [0.2, 0.25) is 0 Å². The highest BCUT2D eigenvalue weighted by Gasteiger charge is 2.26. The summed E-state index contributed by atoms with van der Waals surface area (Å²) in [6.45, 7) is 5.60. The van der Waals surface area contributed by atoms with Crippen LogP contribution in [-0.2, 0) is 27.9 Å². The lowest BCUT2D eigenvalue weighted by molar-refractivity contribution is -0.870. The van der Waals surface area contributed by atoms with Crippen LogP contribution in [0, 0.1) is 0 Å². The number of ether oxygens (including phenoxy) is 2. The Bertz CT molecular complexity index is 787. The molecule has 0 aliphatic carbocycles. The van der Waals surface area contributed by atoms with Crippen LogP contribution in [0.15, 0.2) is 12.2 Å². The lowest BCUT2D eigenvalue weighted by Crippen LogP contribution is -2.37. The van der Waals surface area contributed by atoms with Gasteiger partial charge in [0.05, 0.1) is 34.4 Å². The molecule has 48 heavy (non-hydrogen) atoms. The number of quaternary nitrogens is 1. The molecule has 1 N–H and O–H groups in total. The molecule has 0 bridgehead atoms. The van der Waals surface area contributed by atoms with Crippen LogP contribution in [0.5, 0.6) is 0 Å². The first-order chi connectivity index (χ1) is 23.1. The van der Waals surface area contributed by atoms with Gasteiger partial charge < -0.3 is 18.9 Å². The second-order valence-corrected chi connectivity index (χ2v) is 16.1. The standard InChI is InChI=1S/C39H78NO7P/c1-6-8-10-12-14-15-16-17-18-19-20-21-22-23-24-25-26-28-30-32-39(41)47-38(36-44-34-31-29-27-13-11-9-7-2)37-46-48(42,43)45-35-33-40(3,4)5/h17-18,38H,6-16,19-37H2,1-5H3/p+1/b18-17-. The first-order valence-electron chi connectivity index (χ1n) is 19.9. The molecule has 286 valence electrons. The van der Waals surface area contributed by atoms with E-state index in [4.69, 9.17) is 18.5 Å². The molecule has 0 aromatic rings. The average molecular weight is 705 g/mol. The third kappa shape index (κ3) is 36.5. The second kappa shape index (κ2) is 33.4. The number of nitrogens with zero attached hydrogens (tertiary/aromatic N) is 1. The van der Waals surface area contributed by atoms with E-state index in [9.17, 15) is 14.3 Å². The van der Waals surface area contributed by atoms with Crippen molar-refractivity contribution in [1.82, 2.24) is 0 Å². The van der Waals surface area contributed by atoms with Crippen LogP contribution in [0.3, 0.4) is 0 Å². The Labute approximate surface area is 297 Å². The normalized spacial score (nSPS) is 14.0. The van der Waals surface area contributed by atoms with Gasteiger partial charge in [-0.1, -0.05) is 142 Å². The molecule has 0 aliphatic heterocycles. The number of likely N-dealkylation sites (N-methyl/N-ethyl adjacent to an activating group) is 1. The number of phosphoric acid groups is 1. The molecule has 0 fully saturated rings. The molecular weight excluding hydrogens is 625 g/mol. The number of carbonyl (C=O) groups excluding carboxylic acids is 1. The Hall–Kier alpha value is -0.760. The van der Waals surface area contributed by atoms with Crippen molar-refractivity contribution in [2.45, 2.75) is 180 Å². The van der Waals surface area contributed by atoms with Crippen molar-refractivity contribution in [2.24, 2.45) is 0 Å². The van der Waals surface area contributed by atoms with Crippen LogP contribution < -0.4 is 0 Å². The minimum Gasteiger partial charge on any atom is -0.457 e. The fourth-order valence-corrected chi connectivity index (χ4v) is 6.17. The first-order valence-corrected chi connectivity index (χ1v) is 21.4. The summed E-state index contributed by atoms with van der Waals surface area (Å²) in [4.78, 5) is 22.7. The third-order valence-electron chi connectivity index (χ3n) is 8.58. The number of esters is 1. The summed E-state index contributed by atoms with van der Waals surface area (Å²) in [6, 6.07) is 0. The summed E-state index contributed by atoms with van der Waals surface area (Å²) in [5.74, 6) is -0.317. The van der Waals surface area contributed by atoms with E-state index >= 15 is 0 Å². The monoisotopic (exact) mass is 705 g/mol. The van der Waals surface area contributed by atoms with E-state index in [2.05, 4.69) is 26.0 Å². The molecule has 0 amide bonds. The summed E-state index contributed by atoms with van der Waals surface area (Å²) < 4.78 is 34.7. The minimum absolute atomic E-state index is 0.0908. The van der Waals surface area contributed by atoms with E-state index in [1.54, 1.807) is 0 Å². The summed E-state index contributed by atoms with van der Waals surface area (Å²) in [6.07, 6.45) is 33.9. The van der Waals surface area contributed by atoms with Gasteiger partial charge >= 0.3 is 13.8 Å². The van der Waals surface area contributed by atoms with Gasteiger partial charge in [0.1, 0.15) is 19.3 Å². The fraction of sp³-hybridized carbons (Fsp3) is 0.923. The Morgan fingerprint density at radius 1 is 0.625 bits per heavy atom. The van der Waals surface area contributed by atoms with Gasteiger partial charge in [-0.3, -0.25) is 13.8 Å². The maximum absolute atomic E-state index is 12.6. The zero-order chi connectivity index (χ0) is 35.6. The number of rotatable bonds is 37. The maximum atomic E-state index is 12.6. The zero-order valence-electron chi connectivity index (χ0n) is 32.2. The molecule has 0 saturated heterocycles. The predicted octanol–water partition coefficient (Wildman–Crippen LogP) is 11.1. The van der Waals surface area contributed by atoms with Crippen molar-refractivity contribution in [3.8, 4) is 0 Å². The van der Waals surface area contributed by atoms with Gasteiger partial charge in [0.2, 0.25) is 0 Å². The molecule has 0 rings (SSSR count). The third-order valence-corrected chi connectivity index (χ3v) is 9.56. The quantitative estimate of drug-likeness (QED) is 0.0226. The van der Waals surface area contributed by atoms with Crippen molar-refractivity contribution in [3.05, 3.63) is 12.2 Å². The van der Waals surface area contributed by atoms with Gasteiger partial charge in [0.25, 0.3) is 0 Å². The van der Waals surface area contributed by atoms with Gasteiger partial charge in [-0.15, -0.1) is 0 Å². The lowest BCUT2D eigenvalue weighted by Gasteiger charge is -2.24. The molecule has 8 nitrogen and oxygen atoms in total. The Balaban J connectivity index is 4.12. The molecule has 0 spiro atoms. The fourth-order valence-electron chi connectivity index (χ4n) is 5.43. The molecule has 9 heteroatoms. The molecule has 0 heterocycles. The molecule has 0 aliphatic rings. The summed E-state index contributed by atoms with van der Waals surface area (Å²) in [5.41, 5.74) is 0. The topological polar surface area (TPSA) is 91.3 Å². The largest absolute Gasteiger partial charge is 0.472 e. The van der Waals surface area contributed by atoms with Gasteiger partial charge in [-0.05, 0) is 38.5 Å². The summed E-state index contributed by atoms with van der Waals surface area (Å²) >= 11 is 0. The second-order valence-electron chi connectivity index (χ2n) is 14.7. The number of allylic oxidation sites excluding steroid dienone is 2. The number of carbonyl (C=O) groups is 1. The summed E-state index contributed by atoms with van der Waals surface area (Å²) in [7, 11) is 1.67. The molecular formula is C39H79NO7P+. The highest BCUT2D eigenvalue weighted by Crippen LogP contribution is 2.43. The van der Waals surface area contributed by atoms with Crippen LogP contribution in [0.4, 0.5) is 0 Å². The van der Waals surface area contributed by atoms with Crippen LogP contribution in [0.1, 0.15) is 174 Å². The van der Waals surface area contributed by atoms with Crippen molar-refractivity contribution in [3.63, 3.8) is 0 Å². The zero-order valence-corrected chi connectivity index (χ0v) is 33.1. The maximum Gasteiger partial charge on any atom is 0.472 e. The number of hydrogen-bond acceptors (Lipinski definition) is 6. The highest BCUT2D eigenvalue weighted by atomic mass is 31.2. The SMILES string of the molecule is CCCCCCCC/C=C\CCCCCCCCCCCC(=O)OC(COCCCCCCCCC)COP(=O)(O)OCC[N+](C)(C)C. The van der Waals surface area contributed by atoms with E-state index < -0.39 is 13.9 Å². The van der Waals surface area contributed by atoms with E-state index in [-0.39, 0.29) is 25.8 Å². The van der Waals surface area contributed by atoms with Crippen molar-refractivity contribution in [2.75, 3.05) is 54.1 Å². The van der Waals surface area contributed by atoms with E-state index in [1.807, 2.05) is 21.1 Å². The van der Waals surface area contributed by atoms with E-state index in [0.717, 1.165) is 32.1 Å². The first kappa shape index (κ1) is 47.2. The van der Waals surface area contributed by atoms with E-state index in [1.165, 1.54) is 122 Å². The Kier molecular flexibility index (Phi) is 32.9. The molecule has 0 radical (unpaired) electrons. The van der Waals surface area contributed by atoms with E-state index in [0.29, 0.717) is 24.1 Å². The van der Waals surface area contributed by atoms with Crippen LogP contribution >= 0.6 is 7.82 Å². The Morgan fingerprint density at radius 2 is 1.08 bits per heavy atom. The van der Waals surface area contributed by atoms with Crippen molar-refractivity contribution < 1.29 is 37.3 Å². The summed E-state index contributed by atoms with van der Waals surface area (Å²) in [5, 5.41) is 0. The molecule has 2 atom stereocenters. The molecule has 0 aromatic carbocycles. The van der Waals surface area contributed by atoms with Gasteiger partial charge in [0, 0.05) is 13.0 Å². The minimum atomic E-state index is -4.26. The lowest BCUT2D eigenvalue weighted by atomic mass is 10.1. The molecule has 0 aromatic heterocycles. The Morgan fingerprint density at radius 3 is 1.58 bits per heavy atom. The van der Waals surface area contributed by atoms with Crippen molar-refractivity contribution in [1.29, 1.82) is 0 Å². The van der Waals surface area contributed by atoms with Gasteiger partial charge in [-0.25, -0.2) is 4.57 Å². The smallest absolute Gasteiger partial charge is 0.457 e. The van der Waals surface area contributed by atoms with Crippen LogP contribution in [-0.4, -0.2) is 75.6 Å². The van der Waals surface area contributed by atoms with Crippen LogP contribution in [0.25, 0.3) is 0 Å². The number of unbranched alkanes of at least 4 members (excludes halogenated alkanes) is 21. The van der Waals surface area contributed by atoms with Gasteiger partial charge in [-0.2, -0.15) is 0 Å². The number of hydrogen-bond donors (Lipinski definition) is 1. The van der Waals surface area contributed by atoms with Gasteiger partial charge in [0.15, 0.2) is 0 Å². The molecule has 2 unspecified atom stereocenters. The average Bonchev–Trinajstić information content (AvgIpc) is 3.03. The van der Waals surface area contributed by atoms with Crippen molar-refractivity contribution >= 4 is 13.8 Å².